The molecule has 1 unspecified atom stereocenters. The predicted octanol–water partition coefficient (Wildman–Crippen LogP) is 2.85. The Kier molecular flexibility index (Phi) is 5.03. The van der Waals surface area contributed by atoms with Gasteiger partial charge in [0.2, 0.25) is 5.43 Å². The van der Waals surface area contributed by atoms with Crippen LogP contribution in [0.2, 0.25) is 0 Å². The van der Waals surface area contributed by atoms with Crippen LogP contribution in [0.4, 0.5) is 21.6 Å². The van der Waals surface area contributed by atoms with Crippen LogP contribution >= 0.6 is 0 Å². The molecule has 0 amide bonds. The predicted molar refractivity (Wildman–Crippen MR) is 114 cm³/mol. The molecule has 0 aliphatic carbocycles. The van der Waals surface area contributed by atoms with E-state index in [2.05, 4.69) is 15.6 Å². The number of nitrogens with zero attached hydrogens (tertiary/aromatic N) is 2. The van der Waals surface area contributed by atoms with Gasteiger partial charge in [-0.1, -0.05) is 6.07 Å². The SMILES string of the molecule is CC1CCc2c(C(=O)O)c(=O)c3c(N)cc(NCCNc4ccccn4)c(F)c3n21. The molecule has 8 nitrogen and oxygen atoms in total. The number of pyridine rings is 2. The Morgan fingerprint density at radius 3 is 2.83 bits per heavy atom. The highest BCUT2D eigenvalue weighted by Gasteiger charge is 2.31. The number of carboxylic acid groups (broad SMARTS) is 1. The third-order valence-electron chi connectivity index (χ3n) is 5.41. The highest BCUT2D eigenvalue weighted by Crippen LogP contribution is 2.36. The molecular formula is C21H22FN5O3. The zero-order chi connectivity index (χ0) is 21.4. The summed E-state index contributed by atoms with van der Waals surface area (Å²) >= 11 is 0. The minimum atomic E-state index is -1.32. The number of anilines is 3. The van der Waals surface area contributed by atoms with Crippen LogP contribution in [0.15, 0.2) is 35.3 Å². The van der Waals surface area contributed by atoms with Crippen molar-refractivity contribution in [3.63, 3.8) is 0 Å². The first-order chi connectivity index (χ1) is 14.4. The molecular weight excluding hydrogens is 389 g/mol. The normalized spacial score (nSPS) is 15.2. The summed E-state index contributed by atoms with van der Waals surface area (Å²) in [6.07, 6.45) is 2.70. The number of carbonyl (C=O) groups is 1. The first-order valence-corrected chi connectivity index (χ1v) is 9.71. The third kappa shape index (κ3) is 3.22. The van der Waals surface area contributed by atoms with E-state index in [1.54, 1.807) is 10.8 Å². The molecule has 0 spiro atoms. The fourth-order valence-corrected chi connectivity index (χ4v) is 4.05. The molecule has 5 N–H and O–H groups in total. The Morgan fingerprint density at radius 1 is 1.37 bits per heavy atom. The summed E-state index contributed by atoms with van der Waals surface area (Å²) < 4.78 is 17.1. The van der Waals surface area contributed by atoms with E-state index in [1.807, 2.05) is 25.1 Å². The molecule has 156 valence electrons. The number of benzene rings is 1. The minimum absolute atomic E-state index is 0.0495. The number of aromatic carboxylic acids is 1. The summed E-state index contributed by atoms with van der Waals surface area (Å²) in [4.78, 5) is 28.7. The average molecular weight is 411 g/mol. The maximum atomic E-state index is 15.5. The van der Waals surface area contributed by atoms with E-state index in [-0.39, 0.29) is 33.9 Å². The molecule has 3 heterocycles. The van der Waals surface area contributed by atoms with Crippen molar-refractivity contribution in [2.75, 3.05) is 29.5 Å². The van der Waals surface area contributed by atoms with E-state index < -0.39 is 17.2 Å². The lowest BCUT2D eigenvalue weighted by molar-refractivity contribution is 0.0694. The number of hydrogen-bond donors (Lipinski definition) is 4. The van der Waals surface area contributed by atoms with Crippen molar-refractivity contribution >= 4 is 34.1 Å². The second kappa shape index (κ2) is 7.66. The lowest BCUT2D eigenvalue weighted by atomic mass is 10.0. The van der Waals surface area contributed by atoms with Crippen molar-refractivity contribution in [3.05, 3.63) is 57.8 Å². The van der Waals surface area contributed by atoms with Crippen molar-refractivity contribution in [1.29, 1.82) is 0 Å². The standard InChI is InChI=1S/C21H22FN5O3/c1-11-5-6-14-17(21(29)30)20(28)16-12(23)10-13(18(22)19(16)27(11)14)24-8-9-26-15-4-2-3-7-25-15/h2-4,7,10-11,24H,5-6,8-9,23H2,1H3,(H,25,26)(H,29,30). The van der Waals surface area contributed by atoms with Crippen molar-refractivity contribution in [2.45, 2.75) is 25.8 Å². The number of fused-ring (bicyclic) bond motifs is 3. The van der Waals surface area contributed by atoms with E-state index in [0.29, 0.717) is 37.4 Å². The van der Waals surface area contributed by atoms with E-state index in [0.717, 1.165) is 0 Å². The minimum Gasteiger partial charge on any atom is -0.477 e. The van der Waals surface area contributed by atoms with E-state index in [1.165, 1.54) is 6.07 Å². The molecule has 0 fully saturated rings. The molecule has 1 atom stereocenters. The van der Waals surface area contributed by atoms with Crippen molar-refractivity contribution < 1.29 is 14.3 Å². The molecule has 0 bridgehead atoms. The van der Waals surface area contributed by atoms with Gasteiger partial charge >= 0.3 is 5.97 Å². The molecule has 2 aromatic heterocycles. The third-order valence-corrected chi connectivity index (χ3v) is 5.41. The average Bonchev–Trinajstić information content (AvgIpc) is 3.09. The van der Waals surface area contributed by atoms with Crippen LogP contribution in [0.1, 0.15) is 35.4 Å². The van der Waals surface area contributed by atoms with Gasteiger partial charge in [0, 0.05) is 36.7 Å². The molecule has 9 heteroatoms. The first-order valence-electron chi connectivity index (χ1n) is 9.71. The largest absolute Gasteiger partial charge is 0.477 e. The Bertz CT molecular complexity index is 1190. The number of nitrogen functional groups attached to an aromatic ring is 1. The van der Waals surface area contributed by atoms with Crippen LogP contribution in [-0.2, 0) is 6.42 Å². The maximum Gasteiger partial charge on any atom is 0.341 e. The van der Waals surface area contributed by atoms with Crippen LogP contribution < -0.4 is 21.8 Å². The maximum absolute atomic E-state index is 15.5. The summed E-state index contributed by atoms with van der Waals surface area (Å²) in [5.41, 5.74) is 5.66. The van der Waals surface area contributed by atoms with E-state index >= 15 is 4.39 Å². The van der Waals surface area contributed by atoms with Gasteiger partial charge in [-0.25, -0.2) is 14.2 Å². The molecule has 1 aliphatic heterocycles. The highest BCUT2D eigenvalue weighted by molar-refractivity contribution is 6.00. The van der Waals surface area contributed by atoms with Crippen molar-refractivity contribution in [2.24, 2.45) is 0 Å². The Labute approximate surface area is 171 Å². The van der Waals surface area contributed by atoms with Crippen LogP contribution in [0.25, 0.3) is 10.9 Å². The second-order valence-corrected chi connectivity index (χ2v) is 7.33. The van der Waals surface area contributed by atoms with E-state index in [4.69, 9.17) is 5.73 Å². The van der Waals surface area contributed by atoms with Crippen LogP contribution in [-0.4, -0.2) is 33.7 Å². The molecule has 4 rings (SSSR count). The Hall–Kier alpha value is -3.62. The number of rotatable bonds is 6. The fraction of sp³-hybridized carbons (Fsp3) is 0.286. The molecule has 1 aliphatic rings. The van der Waals surface area contributed by atoms with Crippen LogP contribution in [0.5, 0.6) is 0 Å². The van der Waals surface area contributed by atoms with Crippen LogP contribution in [0, 0.1) is 5.82 Å². The molecule has 0 saturated carbocycles. The number of hydrogen-bond acceptors (Lipinski definition) is 6. The van der Waals surface area contributed by atoms with Gasteiger partial charge in [-0.05, 0) is 38.0 Å². The number of nitrogens with one attached hydrogen (secondary N) is 2. The highest BCUT2D eigenvalue weighted by atomic mass is 19.1. The monoisotopic (exact) mass is 411 g/mol. The zero-order valence-electron chi connectivity index (χ0n) is 16.4. The van der Waals surface area contributed by atoms with Gasteiger partial charge in [0.15, 0.2) is 5.82 Å². The molecule has 0 saturated heterocycles. The lowest BCUT2D eigenvalue weighted by Gasteiger charge is -2.20. The first kappa shape index (κ1) is 19.7. The number of nitrogens with two attached hydrogens (primary N) is 1. The number of aromatic nitrogens is 2. The Balaban J connectivity index is 1.73. The second-order valence-electron chi connectivity index (χ2n) is 7.33. The topological polar surface area (TPSA) is 122 Å². The lowest BCUT2D eigenvalue weighted by Crippen LogP contribution is -2.24. The summed E-state index contributed by atoms with van der Waals surface area (Å²) in [5, 5.41) is 15.6. The van der Waals surface area contributed by atoms with Gasteiger partial charge in [-0.15, -0.1) is 0 Å². The van der Waals surface area contributed by atoms with Crippen LogP contribution in [0.3, 0.4) is 0 Å². The summed E-state index contributed by atoms with van der Waals surface area (Å²) in [7, 11) is 0. The zero-order valence-corrected chi connectivity index (χ0v) is 16.4. The molecule has 30 heavy (non-hydrogen) atoms. The van der Waals surface area contributed by atoms with Crippen molar-refractivity contribution in [1.82, 2.24) is 9.55 Å². The number of halogens is 1. The van der Waals surface area contributed by atoms with E-state index in [9.17, 15) is 14.7 Å². The van der Waals surface area contributed by atoms with Gasteiger partial charge in [0.05, 0.1) is 16.6 Å². The van der Waals surface area contributed by atoms with Crippen molar-refractivity contribution in [3.8, 4) is 0 Å². The number of carboxylic acids is 1. The summed E-state index contributed by atoms with van der Waals surface area (Å²) in [5.74, 6) is -1.22. The summed E-state index contributed by atoms with van der Waals surface area (Å²) in [6.45, 7) is 2.75. The van der Waals surface area contributed by atoms with Gasteiger partial charge < -0.3 is 26.0 Å². The molecule has 0 radical (unpaired) electrons. The molecule has 1 aromatic carbocycles. The van der Waals surface area contributed by atoms with Gasteiger partial charge in [-0.3, -0.25) is 4.79 Å². The quantitative estimate of drug-likeness (QED) is 0.363. The van der Waals surface area contributed by atoms with Gasteiger partial charge in [-0.2, -0.15) is 0 Å². The molecule has 3 aromatic rings. The Morgan fingerprint density at radius 2 is 2.13 bits per heavy atom. The fourth-order valence-electron chi connectivity index (χ4n) is 4.05. The smallest absolute Gasteiger partial charge is 0.341 e. The van der Waals surface area contributed by atoms with Gasteiger partial charge in [0.1, 0.15) is 11.4 Å². The van der Waals surface area contributed by atoms with Gasteiger partial charge in [0.25, 0.3) is 0 Å². The summed E-state index contributed by atoms with van der Waals surface area (Å²) in [6, 6.07) is 6.70.